The molecule has 0 aliphatic carbocycles. The first-order valence-corrected chi connectivity index (χ1v) is 7.63. The monoisotopic (exact) mass is 274 g/mol. The second-order valence-electron chi connectivity index (χ2n) is 5.62. The van der Waals surface area contributed by atoms with Gasteiger partial charge in [0.1, 0.15) is 0 Å². The van der Waals surface area contributed by atoms with Gasteiger partial charge in [0.25, 0.3) is 0 Å². The van der Waals surface area contributed by atoms with Crippen LogP contribution in [0.4, 0.5) is 0 Å². The number of hydrogen-bond acceptors (Lipinski definition) is 4. The minimum atomic E-state index is -0.116. The zero-order valence-corrected chi connectivity index (χ0v) is 13.5. The minimum Gasteiger partial charge on any atom is -0.394 e. The number of rotatable bonds is 12. The van der Waals surface area contributed by atoms with Crippen LogP contribution in [0.5, 0.6) is 0 Å². The van der Waals surface area contributed by atoms with Crippen molar-refractivity contribution in [3.63, 3.8) is 0 Å². The summed E-state index contributed by atoms with van der Waals surface area (Å²) in [4.78, 5) is 2.40. The molecule has 0 rings (SSSR count). The lowest BCUT2D eigenvalue weighted by Crippen LogP contribution is -2.51. The molecular weight excluding hydrogens is 240 g/mol. The van der Waals surface area contributed by atoms with Crippen molar-refractivity contribution in [2.24, 2.45) is 0 Å². The third-order valence-electron chi connectivity index (χ3n) is 3.76. The van der Waals surface area contributed by atoms with E-state index in [0.29, 0.717) is 6.04 Å². The Morgan fingerprint density at radius 2 is 1.95 bits per heavy atom. The minimum absolute atomic E-state index is 0.116. The van der Waals surface area contributed by atoms with Crippen molar-refractivity contribution in [1.29, 1.82) is 0 Å². The van der Waals surface area contributed by atoms with Gasteiger partial charge >= 0.3 is 0 Å². The predicted octanol–water partition coefficient (Wildman–Crippen LogP) is 1.87. The molecule has 116 valence electrons. The van der Waals surface area contributed by atoms with Crippen LogP contribution in [0.2, 0.25) is 0 Å². The fourth-order valence-electron chi connectivity index (χ4n) is 2.49. The van der Waals surface area contributed by atoms with Crippen molar-refractivity contribution in [3.05, 3.63) is 0 Å². The number of aliphatic hydroxyl groups is 1. The van der Waals surface area contributed by atoms with Crippen LogP contribution in [0.15, 0.2) is 0 Å². The van der Waals surface area contributed by atoms with Crippen LogP contribution in [-0.2, 0) is 4.74 Å². The van der Waals surface area contributed by atoms with Gasteiger partial charge in [-0.25, -0.2) is 0 Å². The van der Waals surface area contributed by atoms with E-state index >= 15 is 0 Å². The third-order valence-corrected chi connectivity index (χ3v) is 3.76. The Balaban J connectivity index is 4.16. The summed E-state index contributed by atoms with van der Waals surface area (Å²) < 4.78 is 5.12. The van der Waals surface area contributed by atoms with Crippen LogP contribution in [0.1, 0.15) is 47.0 Å². The molecule has 0 aliphatic heterocycles. The lowest BCUT2D eigenvalue weighted by atomic mass is 9.90. The van der Waals surface area contributed by atoms with Crippen molar-refractivity contribution in [3.8, 4) is 0 Å². The van der Waals surface area contributed by atoms with Crippen LogP contribution >= 0.6 is 0 Å². The van der Waals surface area contributed by atoms with Gasteiger partial charge in [-0.2, -0.15) is 0 Å². The fourth-order valence-corrected chi connectivity index (χ4v) is 2.49. The van der Waals surface area contributed by atoms with Crippen molar-refractivity contribution < 1.29 is 9.84 Å². The van der Waals surface area contributed by atoms with Gasteiger partial charge < -0.3 is 20.1 Å². The molecule has 0 spiro atoms. The highest BCUT2D eigenvalue weighted by atomic mass is 16.5. The normalized spacial score (nSPS) is 15.2. The van der Waals surface area contributed by atoms with Gasteiger partial charge in [0.05, 0.1) is 13.2 Å². The molecule has 0 saturated carbocycles. The van der Waals surface area contributed by atoms with Crippen LogP contribution in [-0.4, -0.2) is 61.5 Å². The van der Waals surface area contributed by atoms with Crippen molar-refractivity contribution in [2.45, 2.75) is 58.5 Å². The SMILES string of the molecule is CCN(CCCC(CC)(CO)NC(C)C)CCOC. The van der Waals surface area contributed by atoms with E-state index in [1.54, 1.807) is 7.11 Å². The maximum Gasteiger partial charge on any atom is 0.0613 e. The molecule has 2 N–H and O–H groups in total. The summed E-state index contributed by atoms with van der Waals surface area (Å²) in [5.41, 5.74) is -0.116. The Hall–Kier alpha value is -0.160. The average Bonchev–Trinajstić information content (AvgIpc) is 2.40. The van der Waals surface area contributed by atoms with E-state index in [4.69, 9.17) is 4.74 Å². The highest BCUT2D eigenvalue weighted by Crippen LogP contribution is 2.18. The zero-order chi connectivity index (χ0) is 14.7. The quantitative estimate of drug-likeness (QED) is 0.570. The van der Waals surface area contributed by atoms with E-state index in [-0.39, 0.29) is 12.1 Å². The van der Waals surface area contributed by atoms with Gasteiger partial charge in [0.2, 0.25) is 0 Å². The molecular formula is C15H34N2O2. The second kappa shape index (κ2) is 10.6. The molecule has 0 fully saturated rings. The highest BCUT2D eigenvalue weighted by molar-refractivity contribution is 4.87. The van der Waals surface area contributed by atoms with Crippen molar-refractivity contribution in [1.82, 2.24) is 10.2 Å². The number of nitrogens with zero attached hydrogens (tertiary/aromatic N) is 1. The molecule has 0 saturated heterocycles. The van der Waals surface area contributed by atoms with Gasteiger partial charge in [-0.1, -0.05) is 27.7 Å². The maximum atomic E-state index is 9.69. The first kappa shape index (κ1) is 18.8. The zero-order valence-electron chi connectivity index (χ0n) is 13.5. The van der Waals surface area contributed by atoms with Gasteiger partial charge in [-0.05, 0) is 32.4 Å². The van der Waals surface area contributed by atoms with Gasteiger partial charge in [-0.3, -0.25) is 0 Å². The molecule has 4 nitrogen and oxygen atoms in total. The standard InChI is InChI=1S/C15H34N2O2/c1-6-15(13-18,16-14(3)4)9-8-10-17(7-2)11-12-19-5/h14,16,18H,6-13H2,1-5H3. The average molecular weight is 274 g/mol. The number of aliphatic hydroxyl groups excluding tert-OH is 1. The summed E-state index contributed by atoms with van der Waals surface area (Å²) in [5, 5.41) is 13.2. The van der Waals surface area contributed by atoms with Gasteiger partial charge in [0, 0.05) is 25.2 Å². The van der Waals surface area contributed by atoms with Crippen molar-refractivity contribution >= 4 is 0 Å². The molecule has 19 heavy (non-hydrogen) atoms. The molecule has 4 heteroatoms. The molecule has 0 radical (unpaired) electrons. The fraction of sp³-hybridized carbons (Fsp3) is 1.00. The largest absolute Gasteiger partial charge is 0.394 e. The van der Waals surface area contributed by atoms with Crippen LogP contribution in [0, 0.1) is 0 Å². The third kappa shape index (κ3) is 7.88. The van der Waals surface area contributed by atoms with E-state index in [1.807, 2.05) is 0 Å². The number of methoxy groups -OCH3 is 1. The Morgan fingerprint density at radius 1 is 1.26 bits per heavy atom. The van der Waals surface area contributed by atoms with E-state index in [2.05, 4.69) is 37.9 Å². The molecule has 0 heterocycles. The van der Waals surface area contributed by atoms with Crippen molar-refractivity contribution in [2.75, 3.05) is 40.0 Å². The molecule has 0 aromatic rings. The van der Waals surface area contributed by atoms with Gasteiger partial charge in [0.15, 0.2) is 0 Å². The molecule has 0 amide bonds. The molecule has 0 aliphatic rings. The first-order valence-electron chi connectivity index (χ1n) is 7.63. The smallest absolute Gasteiger partial charge is 0.0613 e. The first-order chi connectivity index (χ1) is 9.03. The number of nitrogens with one attached hydrogen (secondary N) is 1. The summed E-state index contributed by atoms with van der Waals surface area (Å²) >= 11 is 0. The summed E-state index contributed by atoms with van der Waals surface area (Å²) in [6.45, 7) is 12.7. The summed E-state index contributed by atoms with van der Waals surface area (Å²) in [6, 6.07) is 0.405. The maximum absolute atomic E-state index is 9.69. The number of hydrogen-bond donors (Lipinski definition) is 2. The Kier molecular flexibility index (Phi) is 10.5. The summed E-state index contributed by atoms with van der Waals surface area (Å²) in [5.74, 6) is 0. The lowest BCUT2D eigenvalue weighted by Gasteiger charge is -2.35. The van der Waals surface area contributed by atoms with Gasteiger partial charge in [-0.15, -0.1) is 0 Å². The lowest BCUT2D eigenvalue weighted by molar-refractivity contribution is 0.122. The number of ether oxygens (including phenoxy) is 1. The van der Waals surface area contributed by atoms with Crippen LogP contribution in [0.25, 0.3) is 0 Å². The van der Waals surface area contributed by atoms with E-state index in [0.717, 1.165) is 45.5 Å². The van der Waals surface area contributed by atoms with E-state index in [9.17, 15) is 5.11 Å². The van der Waals surface area contributed by atoms with Crippen LogP contribution < -0.4 is 5.32 Å². The van der Waals surface area contributed by atoms with Crippen LogP contribution in [0.3, 0.4) is 0 Å². The molecule has 0 aromatic heterocycles. The topological polar surface area (TPSA) is 44.7 Å². The summed E-state index contributed by atoms with van der Waals surface area (Å²) in [6.07, 6.45) is 3.08. The Labute approximate surface area is 119 Å². The Morgan fingerprint density at radius 3 is 2.37 bits per heavy atom. The summed E-state index contributed by atoms with van der Waals surface area (Å²) in [7, 11) is 1.74. The predicted molar refractivity (Wildman–Crippen MR) is 81.6 cm³/mol. The molecule has 1 atom stereocenters. The second-order valence-corrected chi connectivity index (χ2v) is 5.62. The molecule has 0 aromatic carbocycles. The van der Waals surface area contributed by atoms with E-state index < -0.39 is 0 Å². The Bertz CT molecular complexity index is 206. The number of likely N-dealkylation sites (N-methyl/N-ethyl adjacent to an activating group) is 1. The molecule has 0 bridgehead atoms. The molecule has 1 unspecified atom stereocenters. The van der Waals surface area contributed by atoms with E-state index in [1.165, 1.54) is 0 Å². The highest BCUT2D eigenvalue weighted by Gasteiger charge is 2.27.